The fourth-order valence-corrected chi connectivity index (χ4v) is 3.61. The molecular weight excluding hydrogens is 348 g/mol. The SMILES string of the molecule is CC(O)c1cccc(-c2cnn3cc(-c4ccc(C5(N)CC5)cc4)cnc23)c1. The van der Waals surface area contributed by atoms with Crippen LogP contribution < -0.4 is 5.73 Å². The van der Waals surface area contributed by atoms with E-state index in [9.17, 15) is 5.11 Å². The maximum atomic E-state index is 9.85. The largest absolute Gasteiger partial charge is 0.389 e. The Kier molecular flexibility index (Phi) is 3.82. The van der Waals surface area contributed by atoms with Crippen LogP contribution in [0.2, 0.25) is 0 Å². The van der Waals surface area contributed by atoms with E-state index < -0.39 is 6.10 Å². The van der Waals surface area contributed by atoms with Crippen LogP contribution in [0.5, 0.6) is 0 Å². The summed E-state index contributed by atoms with van der Waals surface area (Å²) >= 11 is 0. The maximum Gasteiger partial charge on any atom is 0.162 e. The van der Waals surface area contributed by atoms with Gasteiger partial charge < -0.3 is 10.8 Å². The fourth-order valence-electron chi connectivity index (χ4n) is 3.61. The molecule has 4 aromatic rings. The molecule has 140 valence electrons. The van der Waals surface area contributed by atoms with Crippen molar-refractivity contribution in [3.63, 3.8) is 0 Å². The number of rotatable bonds is 4. The molecule has 5 rings (SSSR count). The molecule has 1 unspecified atom stereocenters. The van der Waals surface area contributed by atoms with Crippen molar-refractivity contribution in [1.29, 1.82) is 0 Å². The lowest BCUT2D eigenvalue weighted by atomic mass is 10.0. The van der Waals surface area contributed by atoms with Crippen LogP contribution in [-0.2, 0) is 5.54 Å². The van der Waals surface area contributed by atoms with Gasteiger partial charge in [-0.05, 0) is 48.1 Å². The van der Waals surface area contributed by atoms with Gasteiger partial charge in [-0.1, -0.05) is 42.5 Å². The van der Waals surface area contributed by atoms with Crippen LogP contribution >= 0.6 is 0 Å². The van der Waals surface area contributed by atoms with Crippen molar-refractivity contribution in [3.8, 4) is 22.3 Å². The molecule has 0 saturated heterocycles. The fraction of sp³-hybridized carbons (Fsp3) is 0.217. The van der Waals surface area contributed by atoms with Gasteiger partial charge in [-0.3, -0.25) is 0 Å². The lowest BCUT2D eigenvalue weighted by Gasteiger charge is -2.10. The van der Waals surface area contributed by atoms with E-state index in [-0.39, 0.29) is 5.54 Å². The van der Waals surface area contributed by atoms with Gasteiger partial charge in [0.05, 0.1) is 12.3 Å². The molecule has 1 atom stereocenters. The standard InChI is InChI=1S/C23H22N4O/c1-15(28)17-3-2-4-18(11-17)21-13-26-27-14-19(12-25-22(21)27)16-5-7-20(8-6-16)23(24)9-10-23/h2-8,11-15,28H,9-10,24H2,1H3. The van der Waals surface area contributed by atoms with E-state index in [0.717, 1.165) is 46.3 Å². The van der Waals surface area contributed by atoms with Crippen LogP contribution in [0.3, 0.4) is 0 Å². The highest BCUT2D eigenvalue weighted by molar-refractivity contribution is 5.78. The molecule has 1 aliphatic rings. The molecule has 0 radical (unpaired) electrons. The van der Waals surface area contributed by atoms with Crippen molar-refractivity contribution in [3.05, 3.63) is 78.2 Å². The third-order valence-corrected chi connectivity index (χ3v) is 5.62. The number of aliphatic hydroxyl groups excluding tert-OH is 1. The molecule has 1 aliphatic carbocycles. The summed E-state index contributed by atoms with van der Waals surface area (Å²) in [5.74, 6) is 0. The predicted octanol–water partition coefficient (Wildman–Crippen LogP) is 4.06. The second-order valence-electron chi connectivity index (χ2n) is 7.70. The van der Waals surface area contributed by atoms with E-state index >= 15 is 0 Å². The number of nitrogens with zero attached hydrogens (tertiary/aromatic N) is 3. The van der Waals surface area contributed by atoms with Gasteiger partial charge in [-0.25, -0.2) is 9.50 Å². The number of aliphatic hydroxyl groups is 1. The normalized spacial score (nSPS) is 16.2. The molecule has 0 amide bonds. The quantitative estimate of drug-likeness (QED) is 0.568. The van der Waals surface area contributed by atoms with Gasteiger partial charge in [0.15, 0.2) is 5.65 Å². The van der Waals surface area contributed by atoms with Gasteiger partial charge in [0.25, 0.3) is 0 Å². The average Bonchev–Trinajstić information content (AvgIpc) is 3.33. The summed E-state index contributed by atoms with van der Waals surface area (Å²) in [5, 5.41) is 14.3. The first-order valence-electron chi connectivity index (χ1n) is 9.55. The zero-order valence-corrected chi connectivity index (χ0v) is 15.7. The number of hydrogen-bond acceptors (Lipinski definition) is 4. The zero-order valence-electron chi connectivity index (χ0n) is 15.7. The number of fused-ring (bicyclic) bond motifs is 1. The van der Waals surface area contributed by atoms with Crippen molar-refractivity contribution in [1.82, 2.24) is 14.6 Å². The summed E-state index contributed by atoms with van der Waals surface area (Å²) in [6.07, 6.45) is 7.31. The number of benzene rings is 2. The van der Waals surface area contributed by atoms with Crippen LogP contribution in [0.1, 0.15) is 37.0 Å². The summed E-state index contributed by atoms with van der Waals surface area (Å²) in [5.41, 5.74) is 13.1. The minimum Gasteiger partial charge on any atom is -0.389 e. The Labute approximate surface area is 163 Å². The smallest absolute Gasteiger partial charge is 0.162 e. The molecular formula is C23H22N4O. The summed E-state index contributed by atoms with van der Waals surface area (Å²) in [6, 6.07) is 16.3. The van der Waals surface area contributed by atoms with Crippen molar-refractivity contribution in [2.75, 3.05) is 0 Å². The minimum atomic E-state index is -0.507. The van der Waals surface area contributed by atoms with E-state index in [2.05, 4.69) is 34.3 Å². The van der Waals surface area contributed by atoms with E-state index in [1.165, 1.54) is 5.56 Å². The number of hydrogen-bond donors (Lipinski definition) is 2. The second kappa shape index (κ2) is 6.26. The monoisotopic (exact) mass is 370 g/mol. The Hall–Kier alpha value is -3.02. The highest BCUT2D eigenvalue weighted by atomic mass is 16.3. The molecule has 0 aliphatic heterocycles. The highest BCUT2D eigenvalue weighted by Gasteiger charge is 2.39. The molecule has 2 heterocycles. The average molecular weight is 370 g/mol. The van der Waals surface area contributed by atoms with Gasteiger partial charge in [0.2, 0.25) is 0 Å². The maximum absolute atomic E-state index is 9.85. The van der Waals surface area contributed by atoms with Crippen molar-refractivity contribution in [2.24, 2.45) is 5.73 Å². The third kappa shape index (κ3) is 2.89. The molecule has 28 heavy (non-hydrogen) atoms. The number of nitrogens with two attached hydrogens (primary N) is 1. The van der Waals surface area contributed by atoms with E-state index in [4.69, 9.17) is 5.73 Å². The predicted molar refractivity (Wildman–Crippen MR) is 110 cm³/mol. The Morgan fingerprint density at radius 3 is 2.54 bits per heavy atom. The first-order chi connectivity index (χ1) is 13.5. The summed E-state index contributed by atoms with van der Waals surface area (Å²) in [7, 11) is 0. The molecule has 1 saturated carbocycles. The van der Waals surface area contributed by atoms with Crippen LogP contribution in [0.4, 0.5) is 0 Å². The Balaban J connectivity index is 1.50. The van der Waals surface area contributed by atoms with Gasteiger partial charge in [0.1, 0.15) is 0 Å². The van der Waals surface area contributed by atoms with Crippen LogP contribution in [-0.4, -0.2) is 19.7 Å². The lowest BCUT2D eigenvalue weighted by molar-refractivity contribution is 0.199. The van der Waals surface area contributed by atoms with Crippen molar-refractivity contribution >= 4 is 5.65 Å². The summed E-state index contributed by atoms with van der Waals surface area (Å²) < 4.78 is 1.80. The Bertz CT molecular complexity index is 1160. The second-order valence-corrected chi connectivity index (χ2v) is 7.70. The first kappa shape index (κ1) is 17.1. The van der Waals surface area contributed by atoms with Crippen molar-refractivity contribution < 1.29 is 5.11 Å². The summed E-state index contributed by atoms with van der Waals surface area (Å²) in [4.78, 5) is 4.67. The van der Waals surface area contributed by atoms with Gasteiger partial charge in [-0.2, -0.15) is 5.10 Å². The molecule has 5 nitrogen and oxygen atoms in total. The zero-order chi connectivity index (χ0) is 19.3. The van der Waals surface area contributed by atoms with Gasteiger partial charge >= 0.3 is 0 Å². The number of aromatic nitrogens is 3. The highest BCUT2D eigenvalue weighted by Crippen LogP contribution is 2.42. The van der Waals surface area contributed by atoms with E-state index in [1.54, 1.807) is 11.4 Å². The van der Waals surface area contributed by atoms with Crippen molar-refractivity contribution in [2.45, 2.75) is 31.4 Å². The van der Waals surface area contributed by atoms with Gasteiger partial charge in [-0.15, -0.1) is 0 Å². The Morgan fingerprint density at radius 1 is 1.04 bits per heavy atom. The third-order valence-electron chi connectivity index (χ3n) is 5.62. The van der Waals surface area contributed by atoms with Crippen LogP contribution in [0.25, 0.3) is 27.9 Å². The molecule has 0 spiro atoms. The topological polar surface area (TPSA) is 76.4 Å². The van der Waals surface area contributed by atoms with Crippen LogP contribution in [0, 0.1) is 0 Å². The van der Waals surface area contributed by atoms with Crippen LogP contribution in [0.15, 0.2) is 67.1 Å². The Morgan fingerprint density at radius 2 is 1.82 bits per heavy atom. The minimum absolute atomic E-state index is 0.113. The molecule has 2 aromatic heterocycles. The molecule has 5 heteroatoms. The van der Waals surface area contributed by atoms with E-state index in [0.29, 0.717) is 0 Å². The lowest BCUT2D eigenvalue weighted by Crippen LogP contribution is -2.18. The molecule has 2 aromatic carbocycles. The van der Waals surface area contributed by atoms with Gasteiger partial charge in [0, 0.05) is 29.1 Å². The summed E-state index contributed by atoms with van der Waals surface area (Å²) in [6.45, 7) is 1.76. The molecule has 3 N–H and O–H groups in total. The molecule has 1 fully saturated rings. The first-order valence-corrected chi connectivity index (χ1v) is 9.55. The molecule has 0 bridgehead atoms. The van der Waals surface area contributed by atoms with E-state index in [1.807, 2.05) is 42.9 Å².